The van der Waals surface area contributed by atoms with Crippen LogP contribution in [0.3, 0.4) is 0 Å². The molecule has 1 rings (SSSR count). The van der Waals surface area contributed by atoms with Crippen LogP contribution < -0.4 is 5.73 Å². The molecule has 0 heterocycles. The second-order valence-electron chi connectivity index (χ2n) is 3.96. The van der Waals surface area contributed by atoms with E-state index in [1.54, 1.807) is 0 Å². The standard InChI is InChI=1S/C12H18BrN/c1-8-6-10(3)12(13)11(7-8)9(2)4-5-14/h6-7,9H,4-5,14H2,1-3H3. The number of halogens is 1. The predicted octanol–water partition coefficient (Wildman–Crippen LogP) is 3.52. The molecule has 0 aliphatic carbocycles. The Morgan fingerprint density at radius 2 is 2.00 bits per heavy atom. The lowest BCUT2D eigenvalue weighted by atomic mass is 9.94. The summed E-state index contributed by atoms with van der Waals surface area (Å²) in [7, 11) is 0. The number of benzene rings is 1. The van der Waals surface area contributed by atoms with Crippen molar-refractivity contribution in [2.45, 2.75) is 33.1 Å². The lowest BCUT2D eigenvalue weighted by Crippen LogP contribution is -2.05. The fourth-order valence-corrected chi connectivity index (χ4v) is 2.37. The van der Waals surface area contributed by atoms with Gasteiger partial charge in [-0.05, 0) is 43.9 Å². The van der Waals surface area contributed by atoms with Gasteiger partial charge >= 0.3 is 0 Å². The molecule has 0 saturated carbocycles. The maximum Gasteiger partial charge on any atom is 0.0239 e. The topological polar surface area (TPSA) is 26.0 Å². The van der Waals surface area contributed by atoms with Crippen molar-refractivity contribution in [1.29, 1.82) is 0 Å². The fraction of sp³-hybridized carbons (Fsp3) is 0.500. The number of hydrogen-bond acceptors (Lipinski definition) is 1. The van der Waals surface area contributed by atoms with E-state index in [1.165, 1.54) is 21.2 Å². The summed E-state index contributed by atoms with van der Waals surface area (Å²) in [6.07, 6.45) is 1.04. The molecule has 14 heavy (non-hydrogen) atoms. The van der Waals surface area contributed by atoms with Gasteiger partial charge in [-0.25, -0.2) is 0 Å². The van der Waals surface area contributed by atoms with Gasteiger partial charge in [0.25, 0.3) is 0 Å². The maximum atomic E-state index is 5.58. The summed E-state index contributed by atoms with van der Waals surface area (Å²) >= 11 is 3.64. The molecule has 0 saturated heterocycles. The highest BCUT2D eigenvalue weighted by Crippen LogP contribution is 2.30. The first kappa shape index (κ1) is 11.7. The molecule has 2 N–H and O–H groups in total. The Balaban J connectivity index is 3.07. The van der Waals surface area contributed by atoms with E-state index in [1.807, 2.05) is 0 Å². The molecule has 0 aliphatic heterocycles. The van der Waals surface area contributed by atoms with E-state index in [0.717, 1.165) is 13.0 Å². The van der Waals surface area contributed by atoms with Crippen molar-refractivity contribution in [3.63, 3.8) is 0 Å². The third-order valence-electron chi connectivity index (χ3n) is 2.56. The Labute approximate surface area is 94.8 Å². The van der Waals surface area contributed by atoms with Gasteiger partial charge in [-0.1, -0.05) is 40.5 Å². The molecule has 1 aromatic rings. The van der Waals surface area contributed by atoms with Crippen LogP contribution in [0.25, 0.3) is 0 Å². The Kier molecular flexibility index (Phi) is 4.14. The van der Waals surface area contributed by atoms with Gasteiger partial charge in [0.15, 0.2) is 0 Å². The second kappa shape index (κ2) is 4.94. The Hall–Kier alpha value is -0.340. The smallest absolute Gasteiger partial charge is 0.0239 e. The third kappa shape index (κ3) is 2.58. The van der Waals surface area contributed by atoms with Crippen LogP contribution in [0.1, 0.15) is 36.0 Å². The zero-order chi connectivity index (χ0) is 10.7. The average molecular weight is 256 g/mol. The van der Waals surface area contributed by atoms with E-state index in [-0.39, 0.29) is 0 Å². The molecule has 0 bridgehead atoms. The molecule has 0 fully saturated rings. The van der Waals surface area contributed by atoms with Gasteiger partial charge in [-0.3, -0.25) is 0 Å². The van der Waals surface area contributed by atoms with Crippen LogP contribution in [0.15, 0.2) is 16.6 Å². The summed E-state index contributed by atoms with van der Waals surface area (Å²) in [5, 5.41) is 0. The number of nitrogens with two attached hydrogens (primary N) is 1. The summed E-state index contributed by atoms with van der Waals surface area (Å²) in [6.45, 7) is 7.25. The van der Waals surface area contributed by atoms with Crippen molar-refractivity contribution in [3.05, 3.63) is 33.3 Å². The highest BCUT2D eigenvalue weighted by Gasteiger charge is 2.10. The van der Waals surface area contributed by atoms with Crippen molar-refractivity contribution in [3.8, 4) is 0 Å². The van der Waals surface area contributed by atoms with Crippen molar-refractivity contribution < 1.29 is 0 Å². The third-order valence-corrected chi connectivity index (χ3v) is 3.64. The minimum atomic E-state index is 0.535. The van der Waals surface area contributed by atoms with Crippen LogP contribution in [-0.2, 0) is 0 Å². The molecular weight excluding hydrogens is 238 g/mol. The highest BCUT2D eigenvalue weighted by atomic mass is 79.9. The Bertz CT molecular complexity index is 320. The summed E-state index contributed by atoms with van der Waals surface area (Å²) < 4.78 is 1.24. The molecule has 1 atom stereocenters. The largest absolute Gasteiger partial charge is 0.330 e. The minimum absolute atomic E-state index is 0.535. The van der Waals surface area contributed by atoms with Crippen LogP contribution >= 0.6 is 15.9 Å². The highest BCUT2D eigenvalue weighted by molar-refractivity contribution is 9.10. The van der Waals surface area contributed by atoms with Crippen LogP contribution in [0.2, 0.25) is 0 Å². The first-order valence-electron chi connectivity index (χ1n) is 5.03. The van der Waals surface area contributed by atoms with Crippen LogP contribution in [0.5, 0.6) is 0 Å². The van der Waals surface area contributed by atoms with Crippen LogP contribution in [0.4, 0.5) is 0 Å². The molecule has 1 nitrogen and oxygen atoms in total. The van der Waals surface area contributed by atoms with E-state index in [4.69, 9.17) is 5.73 Å². The van der Waals surface area contributed by atoms with Gasteiger partial charge < -0.3 is 5.73 Å². The minimum Gasteiger partial charge on any atom is -0.330 e. The normalized spacial score (nSPS) is 12.9. The van der Waals surface area contributed by atoms with Crippen LogP contribution in [-0.4, -0.2) is 6.54 Å². The van der Waals surface area contributed by atoms with E-state index >= 15 is 0 Å². The van der Waals surface area contributed by atoms with Gasteiger partial charge in [0.05, 0.1) is 0 Å². The van der Waals surface area contributed by atoms with Gasteiger partial charge in [0, 0.05) is 4.47 Å². The van der Waals surface area contributed by atoms with Crippen LogP contribution in [0, 0.1) is 13.8 Å². The Morgan fingerprint density at radius 1 is 1.36 bits per heavy atom. The van der Waals surface area contributed by atoms with Crippen molar-refractivity contribution in [2.75, 3.05) is 6.54 Å². The molecule has 0 aromatic heterocycles. The molecule has 2 heteroatoms. The molecule has 0 spiro atoms. The second-order valence-corrected chi connectivity index (χ2v) is 4.76. The quantitative estimate of drug-likeness (QED) is 0.879. The average Bonchev–Trinajstić information content (AvgIpc) is 2.11. The van der Waals surface area contributed by atoms with Gasteiger partial charge in [0.1, 0.15) is 0 Å². The summed E-state index contributed by atoms with van der Waals surface area (Å²) in [6, 6.07) is 4.44. The van der Waals surface area contributed by atoms with Crippen molar-refractivity contribution >= 4 is 15.9 Å². The lowest BCUT2D eigenvalue weighted by Gasteiger charge is -2.15. The van der Waals surface area contributed by atoms with Gasteiger partial charge in [0.2, 0.25) is 0 Å². The number of rotatable bonds is 3. The molecule has 0 amide bonds. The first-order chi connectivity index (χ1) is 6.56. The summed E-state index contributed by atoms with van der Waals surface area (Å²) in [4.78, 5) is 0. The fourth-order valence-electron chi connectivity index (χ4n) is 1.75. The van der Waals surface area contributed by atoms with E-state index in [0.29, 0.717) is 5.92 Å². The monoisotopic (exact) mass is 255 g/mol. The molecule has 0 aliphatic rings. The molecular formula is C12H18BrN. The molecule has 1 aromatic carbocycles. The van der Waals surface area contributed by atoms with Gasteiger partial charge in [-0.2, -0.15) is 0 Å². The lowest BCUT2D eigenvalue weighted by molar-refractivity contribution is 0.686. The Morgan fingerprint density at radius 3 is 2.57 bits per heavy atom. The summed E-state index contributed by atoms with van der Waals surface area (Å²) in [5.74, 6) is 0.535. The predicted molar refractivity (Wildman–Crippen MR) is 65.7 cm³/mol. The number of aryl methyl sites for hydroxylation is 2. The SMILES string of the molecule is Cc1cc(C)c(Br)c(C(C)CCN)c1. The van der Waals surface area contributed by atoms with Crippen molar-refractivity contribution in [1.82, 2.24) is 0 Å². The first-order valence-corrected chi connectivity index (χ1v) is 5.82. The van der Waals surface area contributed by atoms with Crippen molar-refractivity contribution in [2.24, 2.45) is 5.73 Å². The zero-order valence-electron chi connectivity index (χ0n) is 9.10. The van der Waals surface area contributed by atoms with E-state index in [2.05, 4.69) is 48.8 Å². The van der Waals surface area contributed by atoms with Gasteiger partial charge in [-0.15, -0.1) is 0 Å². The zero-order valence-corrected chi connectivity index (χ0v) is 10.7. The molecule has 0 radical (unpaired) electrons. The molecule has 1 unspecified atom stereocenters. The molecule has 78 valence electrons. The maximum absolute atomic E-state index is 5.58. The van der Waals surface area contributed by atoms with E-state index in [9.17, 15) is 0 Å². The number of hydrogen-bond donors (Lipinski definition) is 1. The summed E-state index contributed by atoms with van der Waals surface area (Å²) in [5.41, 5.74) is 9.59. The van der Waals surface area contributed by atoms with E-state index < -0.39 is 0 Å².